The number of carbonyl (C=O) groups is 1. The van der Waals surface area contributed by atoms with Gasteiger partial charge in [0.15, 0.2) is 0 Å². The second-order valence-corrected chi connectivity index (χ2v) is 5.71. The smallest absolute Gasteiger partial charge is 0.129 e. The fourth-order valence-corrected chi connectivity index (χ4v) is 1.93. The largest absolute Gasteiger partial charge is 0.300 e. The van der Waals surface area contributed by atoms with Crippen LogP contribution in [0.25, 0.3) is 0 Å². The van der Waals surface area contributed by atoms with E-state index in [1.54, 1.807) is 6.92 Å². The van der Waals surface area contributed by atoms with Crippen LogP contribution in [0, 0.1) is 0 Å². The number of allylic oxidation sites excluding steroid dienone is 5. The third-order valence-electron chi connectivity index (χ3n) is 3.14. The monoisotopic (exact) mass is 262 g/mol. The van der Waals surface area contributed by atoms with Crippen molar-refractivity contribution in [2.75, 3.05) is 0 Å². The van der Waals surface area contributed by atoms with Crippen LogP contribution in [0.15, 0.2) is 35.5 Å². The third-order valence-corrected chi connectivity index (χ3v) is 3.14. The van der Waals surface area contributed by atoms with Gasteiger partial charge in [-0.2, -0.15) is 0 Å². The van der Waals surface area contributed by atoms with Gasteiger partial charge in [0.2, 0.25) is 0 Å². The van der Waals surface area contributed by atoms with Crippen molar-refractivity contribution in [2.24, 2.45) is 0 Å². The van der Waals surface area contributed by atoms with Crippen LogP contribution in [0.4, 0.5) is 0 Å². The molecule has 0 atom stereocenters. The minimum absolute atomic E-state index is 0.280. The van der Waals surface area contributed by atoms with Crippen LogP contribution in [0.5, 0.6) is 0 Å². The van der Waals surface area contributed by atoms with Crippen molar-refractivity contribution in [3.63, 3.8) is 0 Å². The van der Waals surface area contributed by atoms with E-state index in [9.17, 15) is 4.79 Å². The average Bonchev–Trinajstić information content (AvgIpc) is 2.27. The van der Waals surface area contributed by atoms with Crippen LogP contribution in [-0.4, -0.2) is 5.78 Å². The van der Waals surface area contributed by atoms with E-state index >= 15 is 0 Å². The Hall–Kier alpha value is -1.11. The van der Waals surface area contributed by atoms with Crippen LogP contribution in [0.1, 0.15) is 72.6 Å². The molecule has 108 valence electrons. The molecule has 0 aromatic carbocycles. The van der Waals surface area contributed by atoms with Gasteiger partial charge in [0, 0.05) is 6.42 Å². The molecule has 0 aromatic rings. The van der Waals surface area contributed by atoms with Gasteiger partial charge in [-0.1, -0.05) is 35.5 Å². The summed E-state index contributed by atoms with van der Waals surface area (Å²) < 4.78 is 0. The van der Waals surface area contributed by atoms with Crippen molar-refractivity contribution in [1.82, 2.24) is 0 Å². The molecular weight excluding hydrogens is 232 g/mol. The van der Waals surface area contributed by atoms with E-state index < -0.39 is 0 Å². The van der Waals surface area contributed by atoms with Gasteiger partial charge in [-0.3, -0.25) is 0 Å². The molecule has 0 rings (SSSR count). The van der Waals surface area contributed by atoms with Crippen LogP contribution >= 0.6 is 0 Å². The highest BCUT2D eigenvalue weighted by molar-refractivity contribution is 5.75. The number of Topliss-reactive ketones (excluding diaryl/α,β-unsaturated/α-hetero) is 1. The Bertz CT molecular complexity index is 341. The van der Waals surface area contributed by atoms with Gasteiger partial charge in [0.25, 0.3) is 0 Å². The molecule has 0 saturated carbocycles. The number of hydrogen-bond donors (Lipinski definition) is 0. The zero-order valence-electron chi connectivity index (χ0n) is 13.2. The Kier molecular flexibility index (Phi) is 10.1. The normalized spacial score (nSPS) is 11.3. The second-order valence-electron chi connectivity index (χ2n) is 5.71. The highest BCUT2D eigenvalue weighted by atomic mass is 16.1. The van der Waals surface area contributed by atoms with E-state index in [0.29, 0.717) is 6.42 Å². The summed E-state index contributed by atoms with van der Waals surface area (Å²) in [5.74, 6) is 0.280. The molecule has 0 aliphatic heterocycles. The lowest BCUT2D eigenvalue weighted by atomic mass is 10.0. The summed E-state index contributed by atoms with van der Waals surface area (Å²) in [5.41, 5.74) is 4.13. The lowest BCUT2D eigenvalue weighted by molar-refractivity contribution is -0.117. The summed E-state index contributed by atoms with van der Waals surface area (Å²) in [5, 5.41) is 0. The fraction of sp³-hybridized carbons (Fsp3) is 0.611. The Labute approximate surface area is 119 Å². The highest BCUT2D eigenvalue weighted by Crippen LogP contribution is 2.14. The van der Waals surface area contributed by atoms with Crippen LogP contribution in [-0.2, 0) is 4.79 Å². The van der Waals surface area contributed by atoms with E-state index in [4.69, 9.17) is 0 Å². The van der Waals surface area contributed by atoms with Gasteiger partial charge in [0.05, 0.1) is 0 Å². The zero-order valence-corrected chi connectivity index (χ0v) is 13.2. The molecule has 0 amide bonds. The van der Waals surface area contributed by atoms with Crippen molar-refractivity contribution in [1.29, 1.82) is 0 Å². The SMILES string of the molecule is C=C(CC/C=C(\C)CCC=C(C)C)CCCC(C)=O. The maximum atomic E-state index is 10.8. The van der Waals surface area contributed by atoms with Crippen molar-refractivity contribution in [3.8, 4) is 0 Å². The van der Waals surface area contributed by atoms with Gasteiger partial charge in [-0.25, -0.2) is 0 Å². The highest BCUT2D eigenvalue weighted by Gasteiger charge is 1.97. The fourth-order valence-electron chi connectivity index (χ4n) is 1.93. The molecule has 0 aromatic heterocycles. The lowest BCUT2D eigenvalue weighted by Gasteiger charge is -2.04. The maximum Gasteiger partial charge on any atom is 0.129 e. The third kappa shape index (κ3) is 13.1. The topological polar surface area (TPSA) is 17.1 Å². The summed E-state index contributed by atoms with van der Waals surface area (Å²) in [6, 6.07) is 0. The maximum absolute atomic E-state index is 10.8. The predicted molar refractivity (Wildman–Crippen MR) is 85.3 cm³/mol. The molecule has 0 heterocycles. The molecule has 0 bridgehead atoms. The first-order valence-corrected chi connectivity index (χ1v) is 7.37. The molecule has 0 aliphatic carbocycles. The van der Waals surface area contributed by atoms with Gasteiger partial charge in [-0.05, 0) is 66.2 Å². The second kappa shape index (κ2) is 10.8. The minimum Gasteiger partial charge on any atom is -0.300 e. The summed E-state index contributed by atoms with van der Waals surface area (Å²) in [6.07, 6.45) is 11.7. The van der Waals surface area contributed by atoms with Crippen molar-refractivity contribution in [3.05, 3.63) is 35.5 Å². The zero-order chi connectivity index (χ0) is 14.7. The van der Waals surface area contributed by atoms with Gasteiger partial charge in [-0.15, -0.1) is 0 Å². The van der Waals surface area contributed by atoms with E-state index in [1.807, 2.05) is 0 Å². The average molecular weight is 262 g/mol. The van der Waals surface area contributed by atoms with E-state index in [-0.39, 0.29) is 5.78 Å². The molecule has 19 heavy (non-hydrogen) atoms. The summed E-state index contributed by atoms with van der Waals surface area (Å²) in [6.45, 7) is 12.2. The Morgan fingerprint density at radius 1 is 0.895 bits per heavy atom. The summed E-state index contributed by atoms with van der Waals surface area (Å²) >= 11 is 0. The minimum atomic E-state index is 0.280. The van der Waals surface area contributed by atoms with Crippen LogP contribution in [0.3, 0.4) is 0 Å². The molecule has 0 saturated heterocycles. The molecule has 0 radical (unpaired) electrons. The molecule has 0 spiro atoms. The van der Waals surface area contributed by atoms with E-state index in [0.717, 1.165) is 38.5 Å². The van der Waals surface area contributed by atoms with Gasteiger partial charge < -0.3 is 4.79 Å². The quantitative estimate of drug-likeness (QED) is 0.456. The van der Waals surface area contributed by atoms with E-state index in [1.165, 1.54) is 16.7 Å². The molecule has 0 fully saturated rings. The first-order valence-electron chi connectivity index (χ1n) is 7.37. The molecule has 1 nitrogen and oxygen atoms in total. The van der Waals surface area contributed by atoms with Crippen molar-refractivity contribution in [2.45, 2.75) is 72.6 Å². The Morgan fingerprint density at radius 3 is 2.11 bits per heavy atom. The molecule has 1 heteroatoms. The number of rotatable bonds is 10. The molecule has 0 unspecified atom stereocenters. The Balaban J connectivity index is 3.72. The van der Waals surface area contributed by atoms with Crippen molar-refractivity contribution < 1.29 is 4.79 Å². The lowest BCUT2D eigenvalue weighted by Crippen LogP contribution is -1.90. The van der Waals surface area contributed by atoms with Crippen LogP contribution < -0.4 is 0 Å². The van der Waals surface area contributed by atoms with E-state index in [2.05, 4.69) is 39.5 Å². The van der Waals surface area contributed by atoms with Gasteiger partial charge >= 0.3 is 0 Å². The van der Waals surface area contributed by atoms with Crippen molar-refractivity contribution >= 4 is 5.78 Å². The predicted octanol–water partition coefficient (Wildman–Crippen LogP) is 5.77. The number of hydrogen-bond acceptors (Lipinski definition) is 1. The summed E-state index contributed by atoms with van der Waals surface area (Å²) in [7, 11) is 0. The number of carbonyl (C=O) groups excluding carboxylic acids is 1. The Morgan fingerprint density at radius 2 is 1.53 bits per heavy atom. The number of ketones is 1. The van der Waals surface area contributed by atoms with Crippen LogP contribution in [0.2, 0.25) is 0 Å². The molecule has 0 N–H and O–H groups in total. The molecule has 0 aliphatic rings. The first kappa shape index (κ1) is 17.9. The first-order chi connectivity index (χ1) is 8.91. The molecular formula is C18H30O. The standard InChI is InChI=1S/C18H30O/c1-15(2)9-6-10-16(3)11-7-12-17(4)13-8-14-18(5)19/h9,11H,4,6-8,10,12-14H2,1-3,5H3/b16-11+. The van der Waals surface area contributed by atoms with Gasteiger partial charge in [0.1, 0.15) is 5.78 Å². The summed E-state index contributed by atoms with van der Waals surface area (Å²) in [4.78, 5) is 10.8.